The molecule has 2 amide bonds. The molecule has 1 aliphatic heterocycles. The van der Waals surface area contributed by atoms with Gasteiger partial charge in [-0.25, -0.2) is 0 Å². The van der Waals surface area contributed by atoms with Crippen molar-refractivity contribution in [2.75, 3.05) is 26.8 Å². The van der Waals surface area contributed by atoms with Crippen molar-refractivity contribution in [1.82, 2.24) is 15.2 Å². The van der Waals surface area contributed by atoms with Crippen molar-refractivity contribution in [1.29, 1.82) is 0 Å². The van der Waals surface area contributed by atoms with Gasteiger partial charge in [0.05, 0.1) is 18.8 Å². The van der Waals surface area contributed by atoms with Crippen molar-refractivity contribution in [2.45, 2.75) is 50.4 Å². The summed E-state index contributed by atoms with van der Waals surface area (Å²) in [7, 11) is 1.54. The number of aromatic nitrogens is 1. The van der Waals surface area contributed by atoms with Crippen LogP contribution >= 0.6 is 0 Å². The van der Waals surface area contributed by atoms with Crippen LogP contribution in [-0.2, 0) is 31.1 Å². The van der Waals surface area contributed by atoms with Crippen molar-refractivity contribution < 1.29 is 19.1 Å². The van der Waals surface area contributed by atoms with Crippen molar-refractivity contribution >= 4 is 11.8 Å². The normalized spacial score (nSPS) is 21.4. The second-order valence-corrected chi connectivity index (χ2v) is 8.55. The summed E-state index contributed by atoms with van der Waals surface area (Å²) in [5, 5.41) is 3.22. The number of ether oxygens (including phenoxy) is 2. The van der Waals surface area contributed by atoms with Gasteiger partial charge < -0.3 is 19.7 Å². The van der Waals surface area contributed by atoms with E-state index in [0.29, 0.717) is 26.1 Å². The molecular formula is C25H31N3O4. The lowest BCUT2D eigenvalue weighted by Gasteiger charge is -2.44. The van der Waals surface area contributed by atoms with E-state index >= 15 is 0 Å². The number of fused-ring (bicyclic) bond motifs is 2. The monoisotopic (exact) mass is 437 g/mol. The van der Waals surface area contributed by atoms with Gasteiger partial charge in [-0.3, -0.25) is 14.6 Å². The summed E-state index contributed by atoms with van der Waals surface area (Å²) in [6.07, 6.45) is 5.29. The average Bonchev–Trinajstić information content (AvgIpc) is 3.07. The number of nitrogens with zero attached hydrogens (tertiary/aromatic N) is 2. The molecule has 2 heterocycles. The Labute approximate surface area is 189 Å². The Hall–Kier alpha value is -2.77. The predicted molar refractivity (Wildman–Crippen MR) is 120 cm³/mol. The van der Waals surface area contributed by atoms with Gasteiger partial charge in [-0.15, -0.1) is 0 Å². The molecule has 2 aliphatic rings. The van der Waals surface area contributed by atoms with Crippen LogP contribution in [0.15, 0.2) is 48.8 Å². The third-order valence-electron chi connectivity index (χ3n) is 6.75. The number of hydrogen-bond acceptors (Lipinski definition) is 5. The van der Waals surface area contributed by atoms with Gasteiger partial charge in [0.2, 0.25) is 11.8 Å². The fraction of sp³-hybridized carbons (Fsp3) is 0.480. The molecule has 0 saturated carbocycles. The van der Waals surface area contributed by atoms with Crippen molar-refractivity contribution in [3.05, 3.63) is 65.5 Å². The highest BCUT2D eigenvalue weighted by atomic mass is 16.5. The number of likely N-dealkylation sites (tertiary alicyclic amines) is 1. The Balaban J connectivity index is 1.65. The molecule has 2 atom stereocenters. The van der Waals surface area contributed by atoms with Gasteiger partial charge in [-0.05, 0) is 35.6 Å². The summed E-state index contributed by atoms with van der Waals surface area (Å²) in [5.74, 6) is 0.0156. The Kier molecular flexibility index (Phi) is 6.86. The van der Waals surface area contributed by atoms with Gasteiger partial charge in [-0.1, -0.05) is 37.3 Å². The van der Waals surface area contributed by atoms with Crippen LogP contribution in [-0.4, -0.2) is 54.6 Å². The summed E-state index contributed by atoms with van der Waals surface area (Å²) < 4.78 is 11.6. The average molecular weight is 438 g/mol. The van der Waals surface area contributed by atoms with E-state index in [9.17, 15) is 9.59 Å². The molecule has 170 valence electrons. The fourth-order valence-electron chi connectivity index (χ4n) is 5.13. The van der Waals surface area contributed by atoms with E-state index in [1.807, 2.05) is 36.1 Å². The Morgan fingerprint density at radius 1 is 1.19 bits per heavy atom. The predicted octanol–water partition coefficient (Wildman–Crippen LogP) is 2.75. The highest BCUT2D eigenvalue weighted by Gasteiger charge is 2.54. The molecule has 32 heavy (non-hydrogen) atoms. The van der Waals surface area contributed by atoms with Gasteiger partial charge in [0.25, 0.3) is 0 Å². The van der Waals surface area contributed by atoms with E-state index in [0.717, 1.165) is 24.0 Å². The zero-order valence-electron chi connectivity index (χ0n) is 18.8. The second kappa shape index (κ2) is 9.79. The van der Waals surface area contributed by atoms with E-state index in [4.69, 9.17) is 9.47 Å². The third kappa shape index (κ3) is 4.27. The minimum atomic E-state index is -0.270. The highest BCUT2D eigenvalue weighted by molar-refractivity contribution is 5.78. The van der Waals surface area contributed by atoms with Crippen LogP contribution in [0.1, 0.15) is 48.9 Å². The molecule has 1 saturated heterocycles. The summed E-state index contributed by atoms with van der Waals surface area (Å²) in [4.78, 5) is 30.9. The number of rotatable bonds is 7. The van der Waals surface area contributed by atoms with Crippen LogP contribution in [0, 0.1) is 0 Å². The lowest BCUT2D eigenvalue weighted by molar-refractivity contribution is -0.138. The molecule has 0 radical (unpaired) electrons. The minimum absolute atomic E-state index is 0.00420. The SMILES string of the molecule is CCC(=O)N[C@@H]1c2ccccc2C2(CCN(C(=O)COC)CC2)[C@H]1OCc1cccnc1. The molecule has 1 aliphatic carbocycles. The highest BCUT2D eigenvalue weighted by Crippen LogP contribution is 2.52. The molecule has 1 N–H and O–H groups in total. The first kappa shape index (κ1) is 22.4. The van der Waals surface area contributed by atoms with Crippen molar-refractivity contribution in [3.8, 4) is 0 Å². The number of carbonyl (C=O) groups is 2. The van der Waals surface area contributed by atoms with E-state index < -0.39 is 0 Å². The van der Waals surface area contributed by atoms with Gasteiger partial charge in [-0.2, -0.15) is 0 Å². The lowest BCUT2D eigenvalue weighted by Crippen LogP contribution is -2.52. The molecule has 1 aromatic carbocycles. The van der Waals surface area contributed by atoms with E-state index in [-0.39, 0.29) is 36.0 Å². The first-order chi connectivity index (χ1) is 15.6. The molecule has 1 spiro atoms. The van der Waals surface area contributed by atoms with E-state index in [1.54, 1.807) is 19.5 Å². The zero-order chi connectivity index (χ0) is 22.6. The number of piperidine rings is 1. The quantitative estimate of drug-likeness (QED) is 0.721. The van der Waals surface area contributed by atoms with Crippen LogP contribution in [0.4, 0.5) is 0 Å². The van der Waals surface area contributed by atoms with Gasteiger partial charge >= 0.3 is 0 Å². The summed E-state index contributed by atoms with van der Waals surface area (Å²) in [6, 6.07) is 12.0. The molecule has 7 heteroatoms. The third-order valence-corrected chi connectivity index (χ3v) is 6.75. The van der Waals surface area contributed by atoms with Crippen LogP contribution < -0.4 is 5.32 Å². The molecule has 1 fully saturated rings. The minimum Gasteiger partial charge on any atom is -0.375 e. The van der Waals surface area contributed by atoms with Crippen molar-refractivity contribution in [2.24, 2.45) is 0 Å². The maximum Gasteiger partial charge on any atom is 0.248 e. The first-order valence-corrected chi connectivity index (χ1v) is 11.2. The number of nitrogens with one attached hydrogen (secondary N) is 1. The molecule has 2 aromatic rings. The number of carbonyl (C=O) groups excluding carboxylic acids is 2. The van der Waals surface area contributed by atoms with Gasteiger partial charge in [0.15, 0.2) is 0 Å². The van der Waals surface area contributed by atoms with Gasteiger partial charge in [0.1, 0.15) is 6.61 Å². The van der Waals surface area contributed by atoms with Crippen LogP contribution in [0.2, 0.25) is 0 Å². The molecule has 0 unspecified atom stereocenters. The molecule has 7 nitrogen and oxygen atoms in total. The topological polar surface area (TPSA) is 80.8 Å². The number of hydrogen-bond donors (Lipinski definition) is 1. The number of pyridine rings is 1. The van der Waals surface area contributed by atoms with Crippen LogP contribution in [0.5, 0.6) is 0 Å². The Morgan fingerprint density at radius 2 is 1.97 bits per heavy atom. The summed E-state index contributed by atoms with van der Waals surface area (Å²) in [5.41, 5.74) is 3.06. The maximum atomic E-state index is 12.4. The largest absolute Gasteiger partial charge is 0.375 e. The second-order valence-electron chi connectivity index (χ2n) is 8.55. The first-order valence-electron chi connectivity index (χ1n) is 11.2. The van der Waals surface area contributed by atoms with Crippen LogP contribution in [0.25, 0.3) is 0 Å². The van der Waals surface area contributed by atoms with Gasteiger partial charge in [0, 0.05) is 44.4 Å². The Bertz CT molecular complexity index is 941. The van der Waals surface area contributed by atoms with Crippen molar-refractivity contribution in [3.63, 3.8) is 0 Å². The van der Waals surface area contributed by atoms with E-state index in [1.165, 1.54) is 5.56 Å². The standard InChI is InChI=1S/C25H31N3O4/c1-3-21(29)27-23-19-8-4-5-9-20(19)25(10-13-28(14-11-25)22(30)17-31-2)24(23)32-16-18-7-6-12-26-15-18/h4-9,12,15,23-24H,3,10-11,13-14,16-17H2,1-2H3,(H,27,29)/t23-,24+/m1/s1. The maximum absolute atomic E-state index is 12.4. The molecule has 1 aromatic heterocycles. The fourth-order valence-corrected chi connectivity index (χ4v) is 5.13. The molecule has 0 bridgehead atoms. The van der Waals surface area contributed by atoms with Crippen LogP contribution in [0.3, 0.4) is 0 Å². The van der Waals surface area contributed by atoms with E-state index in [2.05, 4.69) is 22.4 Å². The summed E-state index contributed by atoms with van der Waals surface area (Å²) >= 11 is 0. The lowest BCUT2D eigenvalue weighted by atomic mass is 9.71. The molecule has 4 rings (SSSR count). The zero-order valence-corrected chi connectivity index (χ0v) is 18.8. The number of amides is 2. The number of benzene rings is 1. The summed E-state index contributed by atoms with van der Waals surface area (Å²) in [6.45, 7) is 3.64. The number of methoxy groups -OCH3 is 1. The molecular weight excluding hydrogens is 406 g/mol. The Morgan fingerprint density at radius 3 is 2.66 bits per heavy atom. The smallest absolute Gasteiger partial charge is 0.248 e.